The summed E-state index contributed by atoms with van der Waals surface area (Å²) in [6.45, 7) is 4.22. The van der Waals surface area contributed by atoms with Crippen LogP contribution in [-0.2, 0) is 4.79 Å². The fourth-order valence-electron chi connectivity index (χ4n) is 3.11. The summed E-state index contributed by atoms with van der Waals surface area (Å²) in [6.07, 6.45) is 8.46. The molecule has 0 bridgehead atoms. The van der Waals surface area contributed by atoms with Crippen molar-refractivity contribution in [3.63, 3.8) is 0 Å². The molecule has 1 aliphatic carbocycles. The van der Waals surface area contributed by atoms with E-state index in [4.69, 9.17) is 0 Å². The quantitative estimate of drug-likeness (QED) is 0.790. The summed E-state index contributed by atoms with van der Waals surface area (Å²) >= 11 is 0. The molecule has 2 aliphatic rings. The van der Waals surface area contributed by atoms with E-state index < -0.39 is 0 Å². The van der Waals surface area contributed by atoms with Gasteiger partial charge in [-0.15, -0.1) is 0 Å². The van der Waals surface area contributed by atoms with E-state index in [0.29, 0.717) is 6.04 Å². The molecule has 2 rings (SSSR count). The van der Waals surface area contributed by atoms with E-state index in [1.54, 1.807) is 0 Å². The molecule has 0 spiro atoms. The largest absolute Gasteiger partial charge is 0.353 e. The van der Waals surface area contributed by atoms with Crippen molar-refractivity contribution in [1.82, 2.24) is 10.6 Å². The molecular weight excluding hydrogens is 212 g/mol. The number of rotatable bonds is 3. The molecule has 2 fully saturated rings. The average Bonchev–Trinajstić information content (AvgIpc) is 2.40. The number of carbonyl (C=O) groups is 1. The molecule has 1 saturated carbocycles. The van der Waals surface area contributed by atoms with Gasteiger partial charge < -0.3 is 10.6 Å². The van der Waals surface area contributed by atoms with Crippen LogP contribution in [0.25, 0.3) is 0 Å². The van der Waals surface area contributed by atoms with E-state index in [2.05, 4.69) is 17.6 Å². The Morgan fingerprint density at radius 1 is 1.24 bits per heavy atom. The Kier molecular flexibility index (Phi) is 4.84. The summed E-state index contributed by atoms with van der Waals surface area (Å²) in [6, 6.07) is 0.451. The minimum atomic E-state index is 0.215. The van der Waals surface area contributed by atoms with Gasteiger partial charge in [0.05, 0.1) is 5.92 Å². The second-order valence-electron chi connectivity index (χ2n) is 5.68. The number of carbonyl (C=O) groups excluding carboxylic acids is 1. The van der Waals surface area contributed by atoms with Crippen LogP contribution in [0.1, 0.15) is 51.9 Å². The highest BCUT2D eigenvalue weighted by Crippen LogP contribution is 2.26. The Morgan fingerprint density at radius 2 is 2.00 bits per heavy atom. The summed E-state index contributed by atoms with van der Waals surface area (Å²) in [4.78, 5) is 12.1. The third-order valence-electron chi connectivity index (χ3n) is 4.44. The zero-order chi connectivity index (χ0) is 12.1. The molecule has 0 aromatic heterocycles. The minimum Gasteiger partial charge on any atom is -0.353 e. The maximum Gasteiger partial charge on any atom is 0.224 e. The minimum absolute atomic E-state index is 0.215. The molecule has 3 nitrogen and oxygen atoms in total. The Bertz CT molecular complexity index is 241. The first-order valence-electron chi connectivity index (χ1n) is 7.30. The Hall–Kier alpha value is -0.570. The van der Waals surface area contributed by atoms with Gasteiger partial charge in [-0.1, -0.05) is 13.3 Å². The molecule has 3 heteroatoms. The molecule has 0 aromatic rings. The van der Waals surface area contributed by atoms with E-state index >= 15 is 0 Å². The molecule has 1 atom stereocenters. The van der Waals surface area contributed by atoms with Crippen LogP contribution in [0.4, 0.5) is 0 Å². The first kappa shape index (κ1) is 12.9. The maximum atomic E-state index is 12.1. The van der Waals surface area contributed by atoms with E-state index in [1.807, 2.05) is 0 Å². The Balaban J connectivity index is 1.71. The molecule has 2 N–H and O–H groups in total. The predicted molar refractivity (Wildman–Crippen MR) is 69.8 cm³/mol. The molecule has 17 heavy (non-hydrogen) atoms. The predicted octanol–water partition coefficient (Wildman–Crippen LogP) is 2.07. The van der Waals surface area contributed by atoms with Gasteiger partial charge in [0.1, 0.15) is 0 Å². The van der Waals surface area contributed by atoms with E-state index in [0.717, 1.165) is 31.8 Å². The number of piperidine rings is 1. The Morgan fingerprint density at radius 3 is 2.59 bits per heavy atom. The lowest BCUT2D eigenvalue weighted by Gasteiger charge is -2.30. The van der Waals surface area contributed by atoms with Crippen LogP contribution in [0, 0.1) is 11.8 Å². The van der Waals surface area contributed by atoms with Gasteiger partial charge in [-0.05, 0) is 51.0 Å². The van der Waals surface area contributed by atoms with Gasteiger partial charge in [0, 0.05) is 12.6 Å². The molecular formula is C14H26N2O. The summed E-state index contributed by atoms with van der Waals surface area (Å²) in [5.41, 5.74) is 0. The zero-order valence-corrected chi connectivity index (χ0v) is 11.0. The topological polar surface area (TPSA) is 41.1 Å². The summed E-state index contributed by atoms with van der Waals surface area (Å²) in [5, 5.41) is 6.56. The van der Waals surface area contributed by atoms with Crippen molar-refractivity contribution < 1.29 is 4.79 Å². The Labute approximate surface area is 105 Å². The molecule has 98 valence electrons. The third-order valence-corrected chi connectivity index (χ3v) is 4.44. The van der Waals surface area contributed by atoms with Crippen molar-refractivity contribution in [3.05, 3.63) is 0 Å². The smallest absolute Gasteiger partial charge is 0.224 e. The fourth-order valence-corrected chi connectivity index (χ4v) is 3.11. The van der Waals surface area contributed by atoms with Gasteiger partial charge in [-0.2, -0.15) is 0 Å². The van der Waals surface area contributed by atoms with Crippen molar-refractivity contribution in [2.45, 2.75) is 57.9 Å². The second kappa shape index (κ2) is 6.39. The van der Waals surface area contributed by atoms with Crippen molar-refractivity contribution in [3.8, 4) is 0 Å². The number of nitrogens with one attached hydrogen (secondary N) is 2. The van der Waals surface area contributed by atoms with Crippen LogP contribution in [0.2, 0.25) is 0 Å². The van der Waals surface area contributed by atoms with Gasteiger partial charge in [-0.25, -0.2) is 0 Å². The number of amides is 1. The molecule has 1 amide bonds. The van der Waals surface area contributed by atoms with E-state index in [9.17, 15) is 4.79 Å². The third kappa shape index (κ3) is 3.70. The lowest BCUT2D eigenvalue weighted by molar-refractivity contribution is -0.126. The van der Waals surface area contributed by atoms with Crippen LogP contribution in [0.15, 0.2) is 0 Å². The zero-order valence-electron chi connectivity index (χ0n) is 11.0. The monoisotopic (exact) mass is 238 g/mol. The summed E-state index contributed by atoms with van der Waals surface area (Å²) in [5.74, 6) is 1.41. The van der Waals surface area contributed by atoms with E-state index in [1.165, 1.54) is 32.1 Å². The average molecular weight is 238 g/mol. The van der Waals surface area contributed by atoms with Crippen molar-refractivity contribution >= 4 is 5.91 Å². The van der Waals surface area contributed by atoms with Gasteiger partial charge in [0.2, 0.25) is 5.91 Å². The van der Waals surface area contributed by atoms with Gasteiger partial charge >= 0.3 is 0 Å². The highest BCUT2D eigenvalue weighted by Gasteiger charge is 2.25. The van der Waals surface area contributed by atoms with Gasteiger partial charge in [0.25, 0.3) is 0 Å². The summed E-state index contributed by atoms with van der Waals surface area (Å²) in [7, 11) is 0. The van der Waals surface area contributed by atoms with Crippen LogP contribution >= 0.6 is 0 Å². The SMILES string of the molecule is CCC1CCC(NC(=O)[C@@H]2CCCNC2)CC1. The standard InChI is InChI=1S/C14H26N2O/c1-2-11-5-7-13(8-6-11)16-14(17)12-4-3-9-15-10-12/h11-13,15H,2-10H2,1H3,(H,16,17)/t11?,12-,13?/m1/s1. The van der Waals surface area contributed by atoms with Crippen LogP contribution in [0.5, 0.6) is 0 Å². The van der Waals surface area contributed by atoms with Gasteiger partial charge in [-0.3, -0.25) is 4.79 Å². The lowest BCUT2D eigenvalue weighted by Crippen LogP contribution is -2.45. The molecule has 0 aromatic carbocycles. The highest BCUT2D eigenvalue weighted by molar-refractivity contribution is 5.79. The second-order valence-corrected chi connectivity index (χ2v) is 5.68. The van der Waals surface area contributed by atoms with Crippen LogP contribution < -0.4 is 10.6 Å². The highest BCUT2D eigenvalue weighted by atomic mass is 16.2. The first-order valence-corrected chi connectivity index (χ1v) is 7.30. The van der Waals surface area contributed by atoms with Gasteiger partial charge in [0.15, 0.2) is 0 Å². The number of hydrogen-bond donors (Lipinski definition) is 2. The molecule has 0 radical (unpaired) electrons. The summed E-state index contributed by atoms with van der Waals surface area (Å²) < 4.78 is 0. The van der Waals surface area contributed by atoms with Crippen LogP contribution in [-0.4, -0.2) is 25.0 Å². The fraction of sp³-hybridized carbons (Fsp3) is 0.929. The van der Waals surface area contributed by atoms with Crippen molar-refractivity contribution in [2.75, 3.05) is 13.1 Å². The van der Waals surface area contributed by atoms with Crippen molar-refractivity contribution in [1.29, 1.82) is 0 Å². The van der Waals surface area contributed by atoms with Crippen LogP contribution in [0.3, 0.4) is 0 Å². The maximum absolute atomic E-state index is 12.1. The molecule has 0 unspecified atom stereocenters. The molecule has 1 heterocycles. The van der Waals surface area contributed by atoms with Crippen molar-refractivity contribution in [2.24, 2.45) is 11.8 Å². The first-order chi connectivity index (χ1) is 8.29. The van der Waals surface area contributed by atoms with E-state index in [-0.39, 0.29) is 11.8 Å². The normalized spacial score (nSPS) is 34.3. The molecule has 1 aliphatic heterocycles. The number of hydrogen-bond acceptors (Lipinski definition) is 2. The lowest BCUT2D eigenvalue weighted by atomic mass is 9.84. The molecule has 1 saturated heterocycles.